The van der Waals surface area contributed by atoms with Crippen molar-refractivity contribution in [2.45, 2.75) is 0 Å². The normalized spacial score (nSPS) is 19.7. The SMILES string of the molecule is O=C1NC2=NN=CCN2N1[N+](=O)[O-]. The molecule has 0 aromatic rings. The van der Waals surface area contributed by atoms with E-state index in [0.717, 1.165) is 5.01 Å². The highest BCUT2D eigenvalue weighted by Gasteiger charge is 2.43. The molecular formula is C4H4N6O3. The second kappa shape index (κ2) is 2.40. The van der Waals surface area contributed by atoms with Crippen LogP contribution in [0.15, 0.2) is 10.2 Å². The molecule has 2 rings (SSSR count). The number of rotatable bonds is 1. The van der Waals surface area contributed by atoms with E-state index >= 15 is 0 Å². The van der Waals surface area contributed by atoms with Crippen LogP contribution in [0.2, 0.25) is 0 Å². The first-order chi connectivity index (χ1) is 6.20. The van der Waals surface area contributed by atoms with Gasteiger partial charge >= 0.3 is 6.03 Å². The van der Waals surface area contributed by atoms with Crippen LogP contribution in [0.25, 0.3) is 0 Å². The Labute approximate surface area is 71.4 Å². The fraction of sp³-hybridized carbons (Fsp3) is 0.250. The minimum atomic E-state index is -0.839. The second-order valence-corrected chi connectivity index (χ2v) is 2.26. The molecule has 0 bridgehead atoms. The average Bonchev–Trinajstić information content (AvgIpc) is 2.39. The first-order valence-corrected chi connectivity index (χ1v) is 3.32. The maximum absolute atomic E-state index is 11.0. The van der Waals surface area contributed by atoms with Crippen LogP contribution >= 0.6 is 0 Å². The molecule has 2 aliphatic heterocycles. The van der Waals surface area contributed by atoms with Gasteiger partial charge in [-0.05, 0) is 0 Å². The third-order valence-electron chi connectivity index (χ3n) is 1.52. The van der Waals surface area contributed by atoms with E-state index in [1.165, 1.54) is 6.21 Å². The molecule has 0 saturated carbocycles. The van der Waals surface area contributed by atoms with E-state index in [2.05, 4.69) is 15.5 Å². The van der Waals surface area contributed by atoms with Crippen molar-refractivity contribution >= 4 is 18.2 Å². The van der Waals surface area contributed by atoms with E-state index in [1.807, 2.05) is 0 Å². The standard InChI is InChI=1S/C4H4N6O3/c11-4-6-3-7-5-1-2-8(3)9(4)10(12)13/h1H,2H2,(H,6,7,11). The first-order valence-electron chi connectivity index (χ1n) is 3.32. The van der Waals surface area contributed by atoms with Crippen LogP contribution in [-0.2, 0) is 0 Å². The molecule has 9 nitrogen and oxygen atoms in total. The number of carbonyl (C=O) groups excluding carboxylic acids is 1. The summed E-state index contributed by atoms with van der Waals surface area (Å²) in [5.74, 6) is 0.0733. The van der Waals surface area contributed by atoms with Gasteiger partial charge in [0, 0.05) is 6.21 Å². The summed E-state index contributed by atoms with van der Waals surface area (Å²) in [6.07, 6.45) is 1.36. The van der Waals surface area contributed by atoms with Crippen LogP contribution in [-0.4, -0.2) is 39.9 Å². The van der Waals surface area contributed by atoms with Crippen molar-refractivity contribution in [3.05, 3.63) is 10.1 Å². The summed E-state index contributed by atoms with van der Waals surface area (Å²) < 4.78 is 0. The van der Waals surface area contributed by atoms with Crippen LogP contribution in [0.3, 0.4) is 0 Å². The summed E-state index contributed by atoms with van der Waals surface area (Å²) in [6.45, 7) is 0.151. The third kappa shape index (κ3) is 0.972. The number of hydrogen-bond donors (Lipinski definition) is 1. The van der Waals surface area contributed by atoms with Crippen LogP contribution in [0.4, 0.5) is 4.79 Å². The van der Waals surface area contributed by atoms with Crippen molar-refractivity contribution in [2.24, 2.45) is 10.2 Å². The second-order valence-electron chi connectivity index (χ2n) is 2.26. The zero-order valence-corrected chi connectivity index (χ0v) is 6.25. The molecule has 2 amide bonds. The smallest absolute Gasteiger partial charge is 0.268 e. The molecule has 0 unspecified atom stereocenters. The van der Waals surface area contributed by atoms with Crippen molar-refractivity contribution in [1.29, 1.82) is 0 Å². The summed E-state index contributed by atoms with van der Waals surface area (Å²) in [4.78, 5) is 21.4. The van der Waals surface area contributed by atoms with E-state index in [-0.39, 0.29) is 12.5 Å². The molecule has 0 aliphatic carbocycles. The van der Waals surface area contributed by atoms with E-state index in [0.29, 0.717) is 5.12 Å². The maximum atomic E-state index is 11.0. The van der Waals surface area contributed by atoms with Gasteiger partial charge in [-0.2, -0.15) is 10.1 Å². The van der Waals surface area contributed by atoms with Gasteiger partial charge in [0.05, 0.1) is 11.7 Å². The third-order valence-corrected chi connectivity index (χ3v) is 1.52. The molecular weight excluding hydrogens is 180 g/mol. The Morgan fingerprint density at radius 1 is 1.69 bits per heavy atom. The van der Waals surface area contributed by atoms with Gasteiger partial charge in [0.1, 0.15) is 0 Å². The van der Waals surface area contributed by atoms with Crippen molar-refractivity contribution < 1.29 is 9.83 Å². The van der Waals surface area contributed by atoms with E-state index in [1.54, 1.807) is 0 Å². The lowest BCUT2D eigenvalue weighted by molar-refractivity contribution is -0.664. The lowest BCUT2D eigenvalue weighted by atomic mass is 10.6. The molecule has 0 radical (unpaired) electrons. The molecule has 0 spiro atoms. The number of nitro groups is 1. The predicted octanol–water partition coefficient (Wildman–Crippen LogP) is -1.22. The van der Waals surface area contributed by atoms with Gasteiger partial charge in [0.25, 0.3) is 5.96 Å². The lowest BCUT2D eigenvalue weighted by Crippen LogP contribution is -2.45. The monoisotopic (exact) mass is 184 g/mol. The summed E-state index contributed by atoms with van der Waals surface area (Å²) >= 11 is 0. The van der Waals surface area contributed by atoms with Crippen molar-refractivity contribution in [3.63, 3.8) is 0 Å². The molecule has 2 heterocycles. The van der Waals surface area contributed by atoms with Gasteiger partial charge in [-0.15, -0.1) is 5.10 Å². The highest BCUT2D eigenvalue weighted by molar-refractivity contribution is 6.02. The summed E-state index contributed by atoms with van der Waals surface area (Å²) in [5, 5.41) is 20.2. The Hall–Kier alpha value is -2.19. The molecule has 1 N–H and O–H groups in total. The lowest BCUT2D eigenvalue weighted by Gasteiger charge is -2.17. The van der Waals surface area contributed by atoms with Crippen molar-refractivity contribution in [2.75, 3.05) is 6.54 Å². The number of guanidine groups is 1. The molecule has 68 valence electrons. The minimum Gasteiger partial charge on any atom is -0.268 e. The zero-order valence-electron chi connectivity index (χ0n) is 6.25. The number of nitrogens with zero attached hydrogens (tertiary/aromatic N) is 5. The number of fused-ring (bicyclic) bond motifs is 1. The van der Waals surface area contributed by atoms with Gasteiger partial charge in [-0.25, -0.2) is 14.9 Å². The predicted molar refractivity (Wildman–Crippen MR) is 40.0 cm³/mol. The van der Waals surface area contributed by atoms with Gasteiger partial charge in [-0.3, -0.25) is 5.32 Å². The molecule has 13 heavy (non-hydrogen) atoms. The van der Waals surface area contributed by atoms with Gasteiger partial charge in [0.2, 0.25) is 0 Å². The average molecular weight is 184 g/mol. The summed E-state index contributed by atoms with van der Waals surface area (Å²) in [5.41, 5.74) is 0. The van der Waals surface area contributed by atoms with Crippen molar-refractivity contribution in [1.82, 2.24) is 15.4 Å². The summed E-state index contributed by atoms with van der Waals surface area (Å²) in [7, 11) is 0. The highest BCUT2D eigenvalue weighted by Crippen LogP contribution is 2.09. The fourth-order valence-electron chi connectivity index (χ4n) is 1.02. The molecule has 1 saturated heterocycles. The molecule has 0 aromatic carbocycles. The number of hydrazine groups is 2. The largest absolute Gasteiger partial charge is 0.408 e. The Bertz CT molecular complexity index is 335. The van der Waals surface area contributed by atoms with E-state index in [4.69, 9.17) is 0 Å². The molecule has 0 atom stereocenters. The number of hydrogen-bond acceptors (Lipinski definition) is 6. The van der Waals surface area contributed by atoms with Crippen LogP contribution in [0.5, 0.6) is 0 Å². The quantitative estimate of drug-likeness (QED) is 0.407. The van der Waals surface area contributed by atoms with Crippen LogP contribution < -0.4 is 5.32 Å². The number of nitrogens with one attached hydrogen (secondary N) is 1. The molecule has 9 heteroatoms. The molecule has 1 fully saturated rings. The van der Waals surface area contributed by atoms with Crippen molar-refractivity contribution in [3.8, 4) is 0 Å². The topological polar surface area (TPSA) is 103 Å². The van der Waals surface area contributed by atoms with Gasteiger partial charge < -0.3 is 0 Å². The van der Waals surface area contributed by atoms with Gasteiger partial charge in [-0.1, -0.05) is 0 Å². The van der Waals surface area contributed by atoms with Crippen LogP contribution in [0.1, 0.15) is 0 Å². The Kier molecular flexibility index (Phi) is 1.38. The zero-order chi connectivity index (χ0) is 9.42. The molecule has 0 aromatic heterocycles. The van der Waals surface area contributed by atoms with E-state index in [9.17, 15) is 14.9 Å². The first kappa shape index (κ1) is 7.46. The Morgan fingerprint density at radius 3 is 3.15 bits per heavy atom. The number of amides is 2. The minimum absolute atomic E-state index is 0.0733. The van der Waals surface area contributed by atoms with E-state index < -0.39 is 11.1 Å². The number of carbonyl (C=O) groups is 1. The highest BCUT2D eigenvalue weighted by atomic mass is 16.7. The Morgan fingerprint density at radius 2 is 2.46 bits per heavy atom. The fourth-order valence-corrected chi connectivity index (χ4v) is 1.02. The Balaban J connectivity index is 2.32. The van der Waals surface area contributed by atoms with Gasteiger partial charge in [0.15, 0.2) is 5.03 Å². The molecule has 2 aliphatic rings. The maximum Gasteiger partial charge on any atom is 0.408 e. The number of urea groups is 1. The summed E-state index contributed by atoms with van der Waals surface area (Å²) in [6, 6.07) is -0.839. The van der Waals surface area contributed by atoms with Crippen LogP contribution in [0, 0.1) is 10.1 Å².